The molecule has 2 atom stereocenters. The molecule has 0 aliphatic rings. The molecule has 6 nitrogen and oxygen atoms in total. The van der Waals surface area contributed by atoms with E-state index in [1.165, 1.54) is 12.1 Å². The van der Waals surface area contributed by atoms with E-state index in [1.807, 2.05) is 63.2 Å². The predicted octanol–water partition coefficient (Wildman–Crippen LogP) is 7.30. The fourth-order valence-corrected chi connectivity index (χ4v) is 5.65. The van der Waals surface area contributed by atoms with Gasteiger partial charge in [0.25, 0.3) is 0 Å². The largest absolute Gasteiger partial charge is 0.743 e. The summed E-state index contributed by atoms with van der Waals surface area (Å²) in [5.74, 6) is 0.112. The number of carbonyl (C=O) groups excluding carboxylic acids is 1. The van der Waals surface area contributed by atoms with Gasteiger partial charge >= 0.3 is 11.2 Å². The lowest BCUT2D eigenvalue weighted by atomic mass is 9.91. The van der Waals surface area contributed by atoms with E-state index in [0.29, 0.717) is 12.2 Å². The van der Waals surface area contributed by atoms with E-state index in [4.69, 9.17) is 9.47 Å². The second-order valence-electron chi connectivity index (χ2n) is 8.97. The van der Waals surface area contributed by atoms with Crippen LogP contribution in [0.4, 0.5) is 8.78 Å². The van der Waals surface area contributed by atoms with Gasteiger partial charge in [-0.3, -0.25) is 4.79 Å². The van der Waals surface area contributed by atoms with Crippen molar-refractivity contribution in [2.75, 3.05) is 0 Å². The fraction of sp³-hybridized carbons (Fsp3) is 0.345. The molecule has 0 heterocycles. The number of ether oxygens (including phenoxy) is 2. The van der Waals surface area contributed by atoms with Crippen LogP contribution in [0.5, 0.6) is 11.5 Å². The minimum atomic E-state index is -5.87. The van der Waals surface area contributed by atoms with Gasteiger partial charge in [0.1, 0.15) is 11.5 Å². The Hall–Kier alpha value is -2.95. The van der Waals surface area contributed by atoms with Crippen molar-refractivity contribution in [3.63, 3.8) is 0 Å². The highest BCUT2D eigenvalue weighted by atomic mass is 32.2. The molecule has 0 N–H and O–H groups in total. The summed E-state index contributed by atoms with van der Waals surface area (Å²) in [5, 5.41) is -4.57. The van der Waals surface area contributed by atoms with Gasteiger partial charge in [-0.2, -0.15) is 8.78 Å². The van der Waals surface area contributed by atoms with Crippen LogP contribution in [0.25, 0.3) is 0 Å². The predicted molar refractivity (Wildman–Crippen MR) is 149 cm³/mol. The van der Waals surface area contributed by atoms with Crippen LogP contribution in [-0.2, 0) is 25.8 Å². The molecule has 0 fully saturated rings. The molecule has 3 aromatic rings. The molecule has 214 valence electrons. The van der Waals surface area contributed by atoms with Crippen molar-refractivity contribution in [3.8, 4) is 11.5 Å². The summed E-state index contributed by atoms with van der Waals surface area (Å²) < 4.78 is 70.8. The lowest BCUT2D eigenvalue weighted by Crippen LogP contribution is -2.42. The Morgan fingerprint density at radius 2 is 1.31 bits per heavy atom. The maximum Gasteiger partial charge on any atom is 0.369 e. The van der Waals surface area contributed by atoms with E-state index in [1.54, 1.807) is 24.3 Å². The third-order valence-corrected chi connectivity index (χ3v) is 9.09. The van der Waals surface area contributed by atoms with Gasteiger partial charge in [0.15, 0.2) is 30.9 Å². The Morgan fingerprint density at radius 1 is 0.872 bits per heavy atom. The van der Waals surface area contributed by atoms with Crippen LogP contribution in [0.1, 0.15) is 49.0 Å². The number of hydrogen-bond acceptors (Lipinski definition) is 6. The Morgan fingerprint density at radius 3 is 1.74 bits per heavy atom. The second kappa shape index (κ2) is 13.4. The molecular weight excluding hydrogens is 546 g/mol. The zero-order chi connectivity index (χ0) is 27.4. The normalized spacial score (nSPS) is 13.3. The van der Waals surface area contributed by atoms with Crippen LogP contribution in [0.3, 0.4) is 0 Å². The topological polar surface area (TPSA) is 92.7 Å². The highest BCUT2D eigenvalue weighted by Crippen LogP contribution is 2.34. The smallest absolute Gasteiger partial charge is 0.369 e. The standard InChI is InChI=1S/C27H28F2O6S2.2CH4/c1-5-26(3,4)25(30)35-21-13-17-24(18-14-21)36(22-9-7-6-8-10-22)23-15-11-20(12-16-23)34-19(2)27(28,29)37(31,32)33;;/h6-19H,5H2,1-4H3;2*1H4. The number of carbonyl (C=O) groups is 1. The lowest BCUT2D eigenvalue weighted by Gasteiger charge is -2.26. The Labute approximate surface area is 233 Å². The van der Waals surface area contributed by atoms with Crippen LogP contribution in [-0.4, -0.2) is 30.3 Å². The third kappa shape index (κ3) is 8.03. The van der Waals surface area contributed by atoms with Gasteiger partial charge < -0.3 is 14.0 Å². The molecule has 3 rings (SSSR count). The maximum absolute atomic E-state index is 13.8. The number of hydrogen-bond donors (Lipinski definition) is 0. The summed E-state index contributed by atoms with van der Waals surface area (Å²) in [4.78, 5) is 15.2. The monoisotopic (exact) mass is 582 g/mol. The average Bonchev–Trinajstić information content (AvgIpc) is 2.86. The van der Waals surface area contributed by atoms with Crippen molar-refractivity contribution < 1.29 is 36.0 Å². The first-order chi connectivity index (χ1) is 17.3. The second-order valence-corrected chi connectivity index (χ2v) is 12.4. The minimum Gasteiger partial charge on any atom is -0.743 e. The summed E-state index contributed by atoms with van der Waals surface area (Å²) in [5.41, 5.74) is -0.601. The highest BCUT2D eigenvalue weighted by Gasteiger charge is 2.46. The van der Waals surface area contributed by atoms with Crippen LogP contribution in [0.2, 0.25) is 0 Å². The van der Waals surface area contributed by atoms with Crippen LogP contribution in [0.15, 0.2) is 93.5 Å². The third-order valence-electron chi connectivity index (χ3n) is 5.86. The summed E-state index contributed by atoms with van der Waals surface area (Å²) >= 11 is 0. The Balaban J connectivity index is 0.00000380. The van der Waals surface area contributed by atoms with Gasteiger partial charge in [0.2, 0.25) is 0 Å². The lowest BCUT2D eigenvalue weighted by molar-refractivity contribution is -0.144. The van der Waals surface area contributed by atoms with Crippen LogP contribution < -0.4 is 9.47 Å². The number of alkyl halides is 2. The molecule has 10 heteroatoms. The van der Waals surface area contributed by atoms with E-state index in [9.17, 15) is 26.5 Å². The molecule has 0 aliphatic carbocycles. The molecule has 39 heavy (non-hydrogen) atoms. The van der Waals surface area contributed by atoms with E-state index < -0.39 is 37.8 Å². The SMILES string of the molecule is C.C.CCC(C)(C)C(=O)Oc1ccc([S+](c2ccccc2)c2ccc(OC(C)C(F)(F)S(=O)(=O)[O-])cc2)cc1. The van der Waals surface area contributed by atoms with Crippen molar-refractivity contribution in [2.24, 2.45) is 5.41 Å². The maximum atomic E-state index is 13.8. The molecule has 2 unspecified atom stereocenters. The number of esters is 1. The zero-order valence-corrected chi connectivity index (χ0v) is 22.4. The van der Waals surface area contributed by atoms with Crippen LogP contribution in [0, 0.1) is 5.41 Å². The number of benzene rings is 3. The zero-order valence-electron chi connectivity index (χ0n) is 20.8. The molecule has 0 radical (unpaired) electrons. The van der Waals surface area contributed by atoms with Crippen molar-refractivity contribution in [2.45, 2.75) is 75.0 Å². The minimum absolute atomic E-state index is 0. The van der Waals surface area contributed by atoms with E-state index in [2.05, 4.69) is 0 Å². The highest BCUT2D eigenvalue weighted by molar-refractivity contribution is 7.97. The molecule has 0 aliphatic heterocycles. The van der Waals surface area contributed by atoms with E-state index >= 15 is 0 Å². The first kappa shape index (κ1) is 34.1. The van der Waals surface area contributed by atoms with Crippen LogP contribution >= 0.6 is 0 Å². The molecule has 0 saturated heterocycles. The fourth-order valence-electron chi connectivity index (χ4n) is 3.13. The number of rotatable bonds is 10. The van der Waals surface area contributed by atoms with Crippen molar-refractivity contribution >= 4 is 27.0 Å². The van der Waals surface area contributed by atoms with Gasteiger partial charge in [-0.15, -0.1) is 0 Å². The molecule has 0 aromatic heterocycles. The first-order valence-electron chi connectivity index (χ1n) is 11.5. The van der Waals surface area contributed by atoms with E-state index in [-0.39, 0.29) is 26.6 Å². The van der Waals surface area contributed by atoms with E-state index in [0.717, 1.165) is 21.6 Å². The number of halogens is 2. The Bertz CT molecular complexity index is 1310. The molecule has 0 saturated carbocycles. The molecule has 0 amide bonds. The Kier molecular flexibility index (Phi) is 11.7. The summed E-state index contributed by atoms with van der Waals surface area (Å²) in [6.45, 7) is 6.40. The molecule has 0 spiro atoms. The van der Waals surface area contributed by atoms with Gasteiger partial charge in [0.05, 0.1) is 16.3 Å². The van der Waals surface area contributed by atoms with Crippen molar-refractivity contribution in [1.29, 1.82) is 0 Å². The molecular formula is C29H36F2O6S2. The first-order valence-corrected chi connectivity index (χ1v) is 14.1. The average molecular weight is 583 g/mol. The quantitative estimate of drug-likeness (QED) is 0.108. The van der Waals surface area contributed by atoms with Crippen molar-refractivity contribution in [1.82, 2.24) is 0 Å². The summed E-state index contributed by atoms with van der Waals surface area (Å²) in [6, 6.07) is 23.1. The summed E-state index contributed by atoms with van der Waals surface area (Å²) in [7, 11) is -6.47. The molecule has 0 bridgehead atoms. The molecule has 3 aromatic carbocycles. The van der Waals surface area contributed by atoms with Gasteiger partial charge in [-0.25, -0.2) is 8.42 Å². The van der Waals surface area contributed by atoms with Gasteiger partial charge in [-0.1, -0.05) is 40.0 Å². The van der Waals surface area contributed by atoms with Crippen molar-refractivity contribution in [3.05, 3.63) is 78.9 Å². The van der Waals surface area contributed by atoms with Gasteiger partial charge in [-0.05, 0) is 87.9 Å². The van der Waals surface area contributed by atoms with Gasteiger partial charge in [0, 0.05) is 0 Å². The summed E-state index contributed by atoms with van der Waals surface area (Å²) in [6.07, 6.45) is -1.52.